The molecule has 0 heterocycles. The molecular formula is C22H38O2. The fraction of sp³-hybridized carbons (Fsp3) is 1.00. The van der Waals surface area contributed by atoms with Crippen molar-refractivity contribution in [1.82, 2.24) is 0 Å². The van der Waals surface area contributed by atoms with E-state index in [1.54, 1.807) is 0 Å². The molecule has 0 radical (unpaired) electrons. The van der Waals surface area contributed by atoms with Crippen molar-refractivity contribution in [3.8, 4) is 0 Å². The van der Waals surface area contributed by atoms with E-state index in [4.69, 9.17) is 0 Å². The normalized spacial score (nSPS) is 47.5. The van der Waals surface area contributed by atoms with Gasteiger partial charge in [-0.2, -0.15) is 0 Å². The zero-order valence-corrected chi connectivity index (χ0v) is 15.9. The van der Waals surface area contributed by atoms with Crippen LogP contribution in [-0.2, 0) is 0 Å². The summed E-state index contributed by atoms with van der Waals surface area (Å²) in [6.07, 6.45) is 10.4. The van der Waals surface area contributed by atoms with Gasteiger partial charge in [-0.3, -0.25) is 0 Å². The van der Waals surface area contributed by atoms with Gasteiger partial charge in [-0.25, -0.2) is 0 Å². The van der Waals surface area contributed by atoms with E-state index in [-0.39, 0.29) is 12.2 Å². The number of hydrogen-bond acceptors (Lipinski definition) is 2. The van der Waals surface area contributed by atoms with E-state index < -0.39 is 0 Å². The van der Waals surface area contributed by atoms with Crippen LogP contribution in [0.1, 0.15) is 72.1 Å². The van der Waals surface area contributed by atoms with Gasteiger partial charge in [-0.1, -0.05) is 27.2 Å². The third-order valence-corrected chi connectivity index (χ3v) is 8.61. The largest absolute Gasteiger partial charge is 0.393 e. The van der Waals surface area contributed by atoms with Gasteiger partial charge in [0.2, 0.25) is 0 Å². The van der Waals surface area contributed by atoms with E-state index >= 15 is 0 Å². The Bertz CT molecular complexity index is 447. The first kappa shape index (κ1) is 17.3. The van der Waals surface area contributed by atoms with Crippen molar-refractivity contribution >= 4 is 0 Å². The second kappa shape index (κ2) is 6.58. The lowest BCUT2D eigenvalue weighted by atomic mass is 9.70. The minimum absolute atomic E-state index is 0.0760. The van der Waals surface area contributed by atoms with Crippen LogP contribution >= 0.6 is 0 Å². The molecule has 0 aliphatic heterocycles. The Labute approximate surface area is 148 Å². The van der Waals surface area contributed by atoms with E-state index in [0.717, 1.165) is 29.6 Å². The maximum absolute atomic E-state index is 11.0. The second-order valence-electron chi connectivity index (χ2n) is 10.4. The van der Waals surface area contributed by atoms with E-state index in [0.29, 0.717) is 23.7 Å². The first-order chi connectivity index (χ1) is 11.4. The molecule has 8 unspecified atom stereocenters. The summed E-state index contributed by atoms with van der Waals surface area (Å²) in [6.45, 7) is 6.62. The molecule has 10 atom stereocenters. The average molecular weight is 335 g/mol. The maximum atomic E-state index is 11.0. The molecule has 4 bridgehead atoms. The number of rotatable bonds is 6. The highest BCUT2D eigenvalue weighted by Crippen LogP contribution is 2.56. The Kier molecular flexibility index (Phi) is 4.75. The van der Waals surface area contributed by atoms with Gasteiger partial charge in [0.1, 0.15) is 0 Å². The average Bonchev–Trinajstić information content (AvgIpc) is 3.32. The van der Waals surface area contributed by atoms with Gasteiger partial charge in [0, 0.05) is 0 Å². The Morgan fingerprint density at radius 2 is 1.54 bits per heavy atom. The van der Waals surface area contributed by atoms with E-state index in [2.05, 4.69) is 20.8 Å². The smallest absolute Gasteiger partial charge is 0.0596 e. The van der Waals surface area contributed by atoms with Gasteiger partial charge in [-0.15, -0.1) is 0 Å². The van der Waals surface area contributed by atoms with Gasteiger partial charge in [-0.05, 0) is 98.2 Å². The molecule has 24 heavy (non-hydrogen) atoms. The topological polar surface area (TPSA) is 40.5 Å². The van der Waals surface area contributed by atoms with Crippen LogP contribution in [0.15, 0.2) is 0 Å². The number of aliphatic hydroxyl groups excluding tert-OH is 2. The van der Waals surface area contributed by atoms with Crippen LogP contribution < -0.4 is 0 Å². The fourth-order valence-corrected chi connectivity index (χ4v) is 7.46. The molecule has 2 heteroatoms. The number of aliphatic hydroxyl groups is 2. The molecule has 0 aromatic carbocycles. The lowest BCUT2D eigenvalue weighted by molar-refractivity contribution is -0.00239. The van der Waals surface area contributed by atoms with Crippen LogP contribution in [0.5, 0.6) is 0 Å². The van der Waals surface area contributed by atoms with Crippen LogP contribution in [0.2, 0.25) is 0 Å². The first-order valence-corrected chi connectivity index (χ1v) is 10.8. The molecule has 4 rings (SSSR count). The molecule has 4 aliphatic rings. The Hall–Kier alpha value is -0.0800. The summed E-state index contributed by atoms with van der Waals surface area (Å²) in [5, 5.41) is 21.6. The van der Waals surface area contributed by atoms with Crippen LogP contribution in [0.3, 0.4) is 0 Å². The van der Waals surface area contributed by atoms with Crippen LogP contribution in [0, 0.1) is 53.3 Å². The highest BCUT2D eigenvalue weighted by atomic mass is 16.3. The molecule has 0 spiro atoms. The van der Waals surface area contributed by atoms with Crippen molar-refractivity contribution in [2.75, 3.05) is 0 Å². The summed E-state index contributed by atoms with van der Waals surface area (Å²) in [7, 11) is 0. The van der Waals surface area contributed by atoms with Crippen LogP contribution in [0.4, 0.5) is 0 Å². The van der Waals surface area contributed by atoms with E-state index in [1.165, 1.54) is 51.4 Å². The summed E-state index contributed by atoms with van der Waals surface area (Å²) in [5.74, 6) is 6.02. The van der Waals surface area contributed by atoms with Crippen LogP contribution in [0.25, 0.3) is 0 Å². The molecule has 0 aromatic rings. The molecule has 0 amide bonds. The summed E-state index contributed by atoms with van der Waals surface area (Å²) < 4.78 is 0. The highest BCUT2D eigenvalue weighted by Gasteiger charge is 2.50. The predicted molar refractivity (Wildman–Crippen MR) is 97.4 cm³/mol. The molecule has 0 aromatic heterocycles. The van der Waals surface area contributed by atoms with Crippen molar-refractivity contribution in [2.24, 2.45) is 53.3 Å². The van der Waals surface area contributed by atoms with E-state index in [1.807, 2.05) is 0 Å². The van der Waals surface area contributed by atoms with Gasteiger partial charge in [0.15, 0.2) is 0 Å². The first-order valence-electron chi connectivity index (χ1n) is 10.8. The van der Waals surface area contributed by atoms with Crippen molar-refractivity contribution in [2.45, 2.75) is 84.3 Å². The molecule has 4 fully saturated rings. The summed E-state index contributed by atoms with van der Waals surface area (Å²) >= 11 is 0. The number of fused-ring (bicyclic) bond motifs is 4. The Morgan fingerprint density at radius 1 is 0.792 bits per heavy atom. The summed E-state index contributed by atoms with van der Waals surface area (Å²) in [4.78, 5) is 0. The minimum atomic E-state index is -0.117. The lowest BCUT2D eigenvalue weighted by Gasteiger charge is -2.37. The Morgan fingerprint density at radius 3 is 2.12 bits per heavy atom. The SMILES string of the molecule is CC(C)[C@H](O)C1CC2CC(CC(C)[C@@H](O)C3CC4CCC3C4)C1C2. The van der Waals surface area contributed by atoms with Crippen molar-refractivity contribution in [3.63, 3.8) is 0 Å². The quantitative estimate of drug-likeness (QED) is 0.751. The van der Waals surface area contributed by atoms with Gasteiger partial charge in [0.25, 0.3) is 0 Å². The molecule has 0 saturated heterocycles. The van der Waals surface area contributed by atoms with Gasteiger partial charge < -0.3 is 10.2 Å². The van der Waals surface area contributed by atoms with E-state index in [9.17, 15) is 10.2 Å². The van der Waals surface area contributed by atoms with Crippen molar-refractivity contribution in [3.05, 3.63) is 0 Å². The van der Waals surface area contributed by atoms with Crippen LogP contribution in [-0.4, -0.2) is 22.4 Å². The van der Waals surface area contributed by atoms with Crippen molar-refractivity contribution < 1.29 is 10.2 Å². The summed E-state index contributed by atoms with van der Waals surface area (Å²) in [5.41, 5.74) is 0. The molecule has 138 valence electrons. The molecule has 4 saturated carbocycles. The van der Waals surface area contributed by atoms with Crippen molar-refractivity contribution in [1.29, 1.82) is 0 Å². The zero-order chi connectivity index (χ0) is 17.0. The van der Waals surface area contributed by atoms with Gasteiger partial charge >= 0.3 is 0 Å². The standard InChI is InChI=1S/C22H38O2/c1-12(2)21(23)20-11-15-8-17(18(20)10-15)6-13(3)22(24)19-9-14-4-5-16(19)7-14/h12-24H,4-11H2,1-3H3/t13?,14?,15?,16?,17?,18?,19?,20?,21-,22+/m0/s1. The third-order valence-electron chi connectivity index (χ3n) is 8.61. The summed E-state index contributed by atoms with van der Waals surface area (Å²) in [6, 6.07) is 0. The Balaban J connectivity index is 1.35. The van der Waals surface area contributed by atoms with Gasteiger partial charge in [0.05, 0.1) is 12.2 Å². The molecule has 2 N–H and O–H groups in total. The third kappa shape index (κ3) is 2.96. The molecule has 2 nitrogen and oxygen atoms in total. The predicted octanol–water partition coefficient (Wildman–Crippen LogP) is 4.49. The highest BCUT2D eigenvalue weighted by molar-refractivity contribution is 5.00. The monoisotopic (exact) mass is 334 g/mol. The fourth-order valence-electron chi connectivity index (χ4n) is 7.46. The minimum Gasteiger partial charge on any atom is -0.393 e. The molecule has 4 aliphatic carbocycles. The lowest BCUT2D eigenvalue weighted by Crippen LogP contribution is -2.36. The number of hydrogen-bond donors (Lipinski definition) is 2. The molecular weight excluding hydrogens is 296 g/mol. The second-order valence-corrected chi connectivity index (χ2v) is 10.4. The maximum Gasteiger partial charge on any atom is 0.0596 e. The zero-order valence-electron chi connectivity index (χ0n) is 15.9.